The third-order valence-electron chi connectivity index (χ3n) is 4.66. The van der Waals surface area contributed by atoms with E-state index in [0.29, 0.717) is 30.3 Å². The van der Waals surface area contributed by atoms with Crippen molar-refractivity contribution in [3.05, 3.63) is 63.7 Å². The predicted octanol–water partition coefficient (Wildman–Crippen LogP) is 3.97. The number of nitro benzene ring substituents is 1. The van der Waals surface area contributed by atoms with E-state index in [9.17, 15) is 19.1 Å². The molecule has 1 N–H and O–H groups in total. The van der Waals surface area contributed by atoms with Crippen LogP contribution in [0, 0.1) is 10.1 Å². The van der Waals surface area contributed by atoms with Crippen LogP contribution in [-0.4, -0.2) is 33.4 Å². The lowest BCUT2D eigenvalue weighted by Gasteiger charge is -2.21. The van der Waals surface area contributed by atoms with Crippen molar-refractivity contribution < 1.29 is 18.7 Å². The zero-order valence-corrected chi connectivity index (χ0v) is 16.4. The normalized spacial score (nSPS) is 15.8. The van der Waals surface area contributed by atoms with E-state index in [1.807, 2.05) is 18.2 Å². The Balaban J connectivity index is 1.76. The number of hydrogen-bond donors (Lipinski definition) is 1. The van der Waals surface area contributed by atoms with E-state index < -0.39 is 15.7 Å². The van der Waals surface area contributed by atoms with Crippen LogP contribution in [0.15, 0.2) is 42.5 Å². The Hall–Kier alpha value is -2.58. The van der Waals surface area contributed by atoms with Crippen LogP contribution in [0.5, 0.6) is 0 Å². The number of carbonyl (C=O) groups is 1. The Morgan fingerprint density at radius 2 is 2.00 bits per heavy atom. The molecule has 0 spiro atoms. The summed E-state index contributed by atoms with van der Waals surface area (Å²) >= 11 is 0. The fourth-order valence-corrected chi connectivity index (χ4v) is 4.58. The molecule has 0 aromatic heterocycles. The van der Waals surface area contributed by atoms with Gasteiger partial charge in [0.15, 0.2) is 5.78 Å². The molecule has 1 aliphatic heterocycles. The smallest absolute Gasteiger partial charge is 0.293 e. The maximum Gasteiger partial charge on any atom is 0.293 e. The molecule has 0 radical (unpaired) electrons. The van der Waals surface area contributed by atoms with E-state index in [-0.39, 0.29) is 22.3 Å². The number of ketones is 1. The fourth-order valence-electron chi connectivity index (χ4n) is 3.12. The van der Waals surface area contributed by atoms with Gasteiger partial charge in [-0.2, -0.15) is 0 Å². The third-order valence-corrected chi connectivity index (χ3v) is 6.49. The first kappa shape index (κ1) is 20.2. The van der Waals surface area contributed by atoms with Gasteiger partial charge in [0.25, 0.3) is 5.69 Å². The number of nitro groups is 1. The minimum absolute atomic E-state index is 0.144. The molecule has 1 heterocycles. The molecule has 2 aromatic rings. The summed E-state index contributed by atoms with van der Waals surface area (Å²) < 4.78 is 17.9. The zero-order valence-electron chi connectivity index (χ0n) is 15.6. The predicted molar refractivity (Wildman–Crippen MR) is 109 cm³/mol. The van der Waals surface area contributed by atoms with Gasteiger partial charge in [0.05, 0.1) is 4.92 Å². The molecule has 1 fully saturated rings. The van der Waals surface area contributed by atoms with Gasteiger partial charge < -0.3 is 10.1 Å². The van der Waals surface area contributed by atoms with Gasteiger partial charge in [-0.25, -0.2) is 0 Å². The van der Waals surface area contributed by atoms with Crippen LogP contribution in [0.2, 0.25) is 0 Å². The largest absolute Gasteiger partial charge is 0.381 e. The van der Waals surface area contributed by atoms with Gasteiger partial charge in [-0.05, 0) is 49.6 Å². The number of hydrogen-bond acceptors (Lipinski definition) is 6. The molecule has 7 nitrogen and oxygen atoms in total. The van der Waals surface area contributed by atoms with Crippen molar-refractivity contribution in [2.75, 3.05) is 18.5 Å². The topological polar surface area (TPSA) is 98.5 Å². The lowest BCUT2D eigenvalue weighted by Crippen LogP contribution is -2.25. The molecule has 0 aliphatic carbocycles. The summed E-state index contributed by atoms with van der Waals surface area (Å²) in [7, 11) is -0.986. The summed E-state index contributed by atoms with van der Waals surface area (Å²) in [5.41, 5.74) is 2.00. The van der Waals surface area contributed by atoms with Gasteiger partial charge in [0.2, 0.25) is 0 Å². The highest BCUT2D eigenvalue weighted by atomic mass is 32.2. The highest BCUT2D eigenvalue weighted by molar-refractivity contribution is 7.84. The second kappa shape index (κ2) is 9.07. The highest BCUT2D eigenvalue weighted by Gasteiger charge is 2.21. The quantitative estimate of drug-likeness (QED) is 0.427. The number of carbonyl (C=O) groups excluding carboxylic acids is 1. The van der Waals surface area contributed by atoms with E-state index in [4.69, 9.17) is 4.74 Å². The van der Waals surface area contributed by atoms with Gasteiger partial charge in [0.1, 0.15) is 5.69 Å². The van der Waals surface area contributed by atoms with Crippen molar-refractivity contribution >= 4 is 33.6 Å². The standard InChI is InChI=1S/C20H22N2O5S/c1-14(23)16-5-6-19(20(12-16)22(24)25)21-17-4-2-3-15(11-17)13-28(26)18-7-9-27-10-8-18/h2-6,11-12,18,21H,7-10,13H2,1H3. The van der Waals surface area contributed by atoms with Gasteiger partial charge in [-0.3, -0.25) is 19.1 Å². The number of rotatable bonds is 7. The molecule has 28 heavy (non-hydrogen) atoms. The van der Waals surface area contributed by atoms with Crippen molar-refractivity contribution in [2.24, 2.45) is 0 Å². The molecular weight excluding hydrogens is 380 g/mol. The number of nitrogens with one attached hydrogen (secondary N) is 1. The van der Waals surface area contributed by atoms with Crippen molar-refractivity contribution in [1.29, 1.82) is 0 Å². The number of nitrogens with zero attached hydrogens (tertiary/aromatic N) is 1. The van der Waals surface area contributed by atoms with Gasteiger partial charge in [-0.1, -0.05) is 12.1 Å². The average molecular weight is 402 g/mol. The second-order valence-corrected chi connectivity index (χ2v) is 8.42. The van der Waals surface area contributed by atoms with Crippen LogP contribution in [-0.2, 0) is 21.3 Å². The summed E-state index contributed by atoms with van der Waals surface area (Å²) in [4.78, 5) is 22.4. The maximum absolute atomic E-state index is 12.6. The van der Waals surface area contributed by atoms with Crippen LogP contribution >= 0.6 is 0 Å². The molecule has 1 aliphatic rings. The summed E-state index contributed by atoms with van der Waals surface area (Å²) in [5, 5.41) is 14.6. The Labute approximate surface area is 165 Å². The molecule has 0 amide bonds. The first-order chi connectivity index (χ1) is 13.4. The van der Waals surface area contributed by atoms with Crippen LogP contribution in [0.25, 0.3) is 0 Å². The second-order valence-electron chi connectivity index (χ2n) is 6.71. The van der Waals surface area contributed by atoms with Gasteiger partial charge >= 0.3 is 0 Å². The summed E-state index contributed by atoms with van der Waals surface area (Å²) in [6.07, 6.45) is 1.61. The molecule has 0 saturated carbocycles. The molecule has 1 saturated heterocycles. The molecule has 1 unspecified atom stereocenters. The van der Waals surface area contributed by atoms with E-state index in [0.717, 1.165) is 18.4 Å². The van der Waals surface area contributed by atoms with Crippen molar-refractivity contribution in [3.8, 4) is 0 Å². The van der Waals surface area contributed by atoms with Crippen molar-refractivity contribution in [2.45, 2.75) is 30.8 Å². The first-order valence-electron chi connectivity index (χ1n) is 9.04. The van der Waals surface area contributed by atoms with Crippen molar-refractivity contribution in [1.82, 2.24) is 0 Å². The van der Waals surface area contributed by atoms with E-state index in [1.54, 1.807) is 12.1 Å². The summed E-state index contributed by atoms with van der Waals surface area (Å²) in [5.74, 6) is 0.207. The maximum atomic E-state index is 12.6. The van der Waals surface area contributed by atoms with Crippen LogP contribution < -0.4 is 5.32 Å². The number of benzene rings is 2. The first-order valence-corrected chi connectivity index (χ1v) is 10.4. The molecule has 148 valence electrons. The van der Waals surface area contributed by atoms with Crippen LogP contribution in [0.1, 0.15) is 35.7 Å². The monoisotopic (exact) mass is 402 g/mol. The Morgan fingerprint density at radius 3 is 2.68 bits per heavy atom. The number of Topliss-reactive ketones (excluding diaryl/α,β-unsaturated/α-hetero) is 1. The van der Waals surface area contributed by atoms with Crippen molar-refractivity contribution in [3.63, 3.8) is 0 Å². The molecule has 2 aromatic carbocycles. The third kappa shape index (κ3) is 5.02. The lowest BCUT2D eigenvalue weighted by molar-refractivity contribution is -0.383. The minimum atomic E-state index is -0.986. The zero-order chi connectivity index (χ0) is 20.1. The number of ether oxygens (including phenoxy) is 1. The van der Waals surface area contributed by atoms with Crippen LogP contribution in [0.4, 0.5) is 17.1 Å². The molecular formula is C20H22N2O5S. The lowest BCUT2D eigenvalue weighted by atomic mass is 10.1. The van der Waals surface area contributed by atoms with Crippen LogP contribution in [0.3, 0.4) is 0 Å². The molecule has 8 heteroatoms. The highest BCUT2D eigenvalue weighted by Crippen LogP contribution is 2.29. The molecule has 0 bridgehead atoms. The van der Waals surface area contributed by atoms with Gasteiger partial charge in [-0.15, -0.1) is 0 Å². The van der Waals surface area contributed by atoms with Gasteiger partial charge in [0, 0.05) is 52.3 Å². The Bertz CT molecular complexity index is 909. The minimum Gasteiger partial charge on any atom is -0.381 e. The molecule has 3 rings (SSSR count). The number of anilines is 2. The molecule has 1 atom stereocenters. The fraction of sp³-hybridized carbons (Fsp3) is 0.350. The van der Waals surface area contributed by atoms with E-state index in [2.05, 4.69) is 5.32 Å². The Kier molecular flexibility index (Phi) is 6.53. The summed E-state index contributed by atoms with van der Waals surface area (Å²) in [6, 6.07) is 11.7. The van der Waals surface area contributed by atoms with E-state index in [1.165, 1.54) is 19.1 Å². The average Bonchev–Trinajstić information content (AvgIpc) is 2.69. The summed E-state index contributed by atoms with van der Waals surface area (Å²) in [6.45, 7) is 2.67. The van der Waals surface area contributed by atoms with E-state index >= 15 is 0 Å². The SMILES string of the molecule is CC(=O)c1ccc(Nc2cccc(CS(=O)C3CCOCC3)c2)c([N+](=O)[O-])c1. The Morgan fingerprint density at radius 1 is 1.25 bits per heavy atom.